The number of nitrogens with one attached hydrogen (secondary N) is 1. The van der Waals surface area contributed by atoms with Crippen molar-refractivity contribution < 1.29 is 17.8 Å². The van der Waals surface area contributed by atoms with Crippen LogP contribution in [-0.2, 0) is 14.9 Å². The van der Waals surface area contributed by atoms with Crippen molar-refractivity contribution in [1.82, 2.24) is 5.32 Å². The SMILES string of the molecule is C=CC(=O)NC(C)(C)CS(=O)(=O)O.[KH]. The Labute approximate surface area is 127 Å². The van der Waals surface area contributed by atoms with Crippen LogP contribution in [0.1, 0.15) is 13.8 Å². The summed E-state index contributed by atoms with van der Waals surface area (Å²) in [4.78, 5) is 10.8. The molecule has 0 bridgehead atoms. The predicted molar refractivity (Wildman–Crippen MR) is 56.0 cm³/mol. The molecule has 1 amide bonds. The van der Waals surface area contributed by atoms with Gasteiger partial charge in [-0.15, -0.1) is 0 Å². The molecule has 5 nitrogen and oxygen atoms in total. The van der Waals surface area contributed by atoms with E-state index >= 15 is 0 Å². The van der Waals surface area contributed by atoms with E-state index in [0.29, 0.717) is 0 Å². The number of amides is 1. The molecular formula is C7H14KNO4S. The molecule has 0 unspecified atom stereocenters. The van der Waals surface area contributed by atoms with Crippen LogP contribution in [0.15, 0.2) is 12.7 Å². The minimum atomic E-state index is -4.08. The number of rotatable bonds is 4. The molecule has 78 valence electrons. The molecule has 0 saturated heterocycles. The van der Waals surface area contributed by atoms with Crippen molar-refractivity contribution in [3.8, 4) is 0 Å². The van der Waals surface area contributed by atoms with Gasteiger partial charge in [0.1, 0.15) is 0 Å². The second-order valence-electron chi connectivity index (χ2n) is 3.30. The molecule has 0 fully saturated rings. The molecule has 2 N–H and O–H groups in total. The Kier molecular flexibility index (Phi) is 7.80. The Balaban J connectivity index is 0. The van der Waals surface area contributed by atoms with E-state index in [-0.39, 0.29) is 51.4 Å². The molecule has 0 radical (unpaired) electrons. The molecule has 7 heteroatoms. The Bertz CT molecular complexity index is 310. The average Bonchev–Trinajstić information content (AvgIpc) is 1.80. The Hall–Kier alpha value is 0.756. The van der Waals surface area contributed by atoms with Crippen LogP contribution in [-0.4, -0.2) is 81.6 Å². The number of hydrogen-bond donors (Lipinski definition) is 2. The van der Waals surface area contributed by atoms with E-state index in [9.17, 15) is 13.2 Å². The second-order valence-corrected chi connectivity index (χ2v) is 4.76. The standard InChI is InChI=1S/C7H13NO4S.K.H/c1-4-6(9)8-7(2,3)5-13(10,11)12;;/h4H,1,5H2,2-3H3,(H,8,9)(H,10,11,12);;. The summed E-state index contributed by atoms with van der Waals surface area (Å²) < 4.78 is 29.5. The molecule has 0 heterocycles. The first kappa shape index (κ1) is 17.2. The maximum absolute atomic E-state index is 10.8. The quantitative estimate of drug-likeness (QED) is 0.391. The summed E-state index contributed by atoms with van der Waals surface area (Å²) in [6.45, 7) is 6.19. The maximum atomic E-state index is 10.8. The molecule has 0 rings (SSSR count). The van der Waals surface area contributed by atoms with Crippen LogP contribution in [0.25, 0.3) is 0 Å². The fraction of sp³-hybridized carbons (Fsp3) is 0.571. The fourth-order valence-corrected chi connectivity index (χ4v) is 1.86. The molecule has 0 atom stereocenters. The van der Waals surface area contributed by atoms with Crippen molar-refractivity contribution in [2.45, 2.75) is 19.4 Å². The van der Waals surface area contributed by atoms with Gasteiger partial charge < -0.3 is 5.32 Å². The van der Waals surface area contributed by atoms with Gasteiger partial charge in [0.05, 0.1) is 11.3 Å². The Morgan fingerprint density at radius 1 is 1.57 bits per heavy atom. The van der Waals surface area contributed by atoms with Gasteiger partial charge in [0.15, 0.2) is 0 Å². The monoisotopic (exact) mass is 247 g/mol. The molecule has 0 aromatic carbocycles. The minimum absolute atomic E-state index is 0. The summed E-state index contributed by atoms with van der Waals surface area (Å²) in [5.41, 5.74) is -1.00. The topological polar surface area (TPSA) is 83.5 Å². The zero-order valence-electron chi connectivity index (χ0n) is 7.57. The molecule has 0 aromatic heterocycles. The van der Waals surface area contributed by atoms with E-state index in [2.05, 4.69) is 11.9 Å². The third-order valence-corrected chi connectivity index (χ3v) is 2.28. The first-order valence-electron chi connectivity index (χ1n) is 3.56. The number of hydrogen-bond acceptors (Lipinski definition) is 3. The van der Waals surface area contributed by atoms with Crippen LogP contribution >= 0.6 is 0 Å². The van der Waals surface area contributed by atoms with Crippen molar-refractivity contribution >= 4 is 67.4 Å². The van der Waals surface area contributed by atoms with E-state index in [1.165, 1.54) is 13.8 Å². The van der Waals surface area contributed by atoms with Crippen LogP contribution in [0.5, 0.6) is 0 Å². The van der Waals surface area contributed by atoms with Gasteiger partial charge in [-0.05, 0) is 19.9 Å². The molecule has 14 heavy (non-hydrogen) atoms. The van der Waals surface area contributed by atoms with Crippen LogP contribution in [0, 0.1) is 0 Å². The van der Waals surface area contributed by atoms with Gasteiger partial charge in [0, 0.05) is 0 Å². The molecule has 0 aliphatic heterocycles. The summed E-state index contributed by atoms with van der Waals surface area (Å²) in [6, 6.07) is 0. The summed E-state index contributed by atoms with van der Waals surface area (Å²) >= 11 is 0. The molecular weight excluding hydrogens is 233 g/mol. The number of carbonyl (C=O) groups is 1. The van der Waals surface area contributed by atoms with E-state index in [0.717, 1.165) is 6.08 Å². The Morgan fingerprint density at radius 2 is 2.00 bits per heavy atom. The van der Waals surface area contributed by atoms with Gasteiger partial charge >= 0.3 is 51.4 Å². The van der Waals surface area contributed by atoms with Gasteiger partial charge in [0.25, 0.3) is 10.1 Å². The first-order valence-corrected chi connectivity index (χ1v) is 5.17. The van der Waals surface area contributed by atoms with Crippen molar-refractivity contribution in [1.29, 1.82) is 0 Å². The van der Waals surface area contributed by atoms with E-state index in [1.54, 1.807) is 0 Å². The zero-order chi connectivity index (χ0) is 10.7. The van der Waals surface area contributed by atoms with E-state index in [1.807, 2.05) is 0 Å². The third-order valence-electron chi connectivity index (χ3n) is 1.19. The fourth-order valence-electron chi connectivity index (χ4n) is 0.877. The molecule has 0 aromatic rings. The average molecular weight is 247 g/mol. The number of carbonyl (C=O) groups excluding carboxylic acids is 1. The van der Waals surface area contributed by atoms with Crippen LogP contribution in [0.3, 0.4) is 0 Å². The van der Waals surface area contributed by atoms with Gasteiger partial charge in [0.2, 0.25) is 5.91 Å². The van der Waals surface area contributed by atoms with E-state index < -0.39 is 27.3 Å². The Morgan fingerprint density at radius 3 is 2.29 bits per heavy atom. The van der Waals surface area contributed by atoms with Crippen LogP contribution in [0.4, 0.5) is 0 Å². The van der Waals surface area contributed by atoms with Gasteiger partial charge in [-0.1, -0.05) is 6.58 Å². The van der Waals surface area contributed by atoms with Crippen LogP contribution in [0.2, 0.25) is 0 Å². The van der Waals surface area contributed by atoms with Crippen LogP contribution < -0.4 is 5.32 Å². The summed E-state index contributed by atoms with van der Waals surface area (Å²) in [7, 11) is -4.08. The summed E-state index contributed by atoms with van der Waals surface area (Å²) in [5, 5.41) is 2.37. The third kappa shape index (κ3) is 9.32. The predicted octanol–water partition coefficient (Wildman–Crippen LogP) is -0.693. The van der Waals surface area contributed by atoms with Gasteiger partial charge in [-0.2, -0.15) is 8.42 Å². The van der Waals surface area contributed by atoms with E-state index in [4.69, 9.17) is 4.55 Å². The summed E-state index contributed by atoms with van der Waals surface area (Å²) in [6.07, 6.45) is 1.03. The summed E-state index contributed by atoms with van der Waals surface area (Å²) in [5.74, 6) is -1.01. The zero-order valence-corrected chi connectivity index (χ0v) is 8.39. The van der Waals surface area contributed by atoms with Crippen molar-refractivity contribution in [3.63, 3.8) is 0 Å². The molecule has 0 aliphatic carbocycles. The molecule has 0 spiro atoms. The van der Waals surface area contributed by atoms with Crippen molar-refractivity contribution in [2.24, 2.45) is 0 Å². The normalized spacial score (nSPS) is 11.4. The van der Waals surface area contributed by atoms with Gasteiger partial charge in [-0.3, -0.25) is 9.35 Å². The molecule has 0 saturated carbocycles. The van der Waals surface area contributed by atoms with Crippen molar-refractivity contribution in [2.75, 3.05) is 5.75 Å². The second kappa shape index (κ2) is 6.36. The van der Waals surface area contributed by atoms with Gasteiger partial charge in [-0.25, -0.2) is 0 Å². The first-order chi connectivity index (χ1) is 5.66. The molecule has 0 aliphatic rings. The van der Waals surface area contributed by atoms with Crippen molar-refractivity contribution in [3.05, 3.63) is 12.7 Å².